The van der Waals surface area contributed by atoms with E-state index in [1.807, 2.05) is 0 Å². The van der Waals surface area contributed by atoms with E-state index < -0.39 is 0 Å². The van der Waals surface area contributed by atoms with E-state index in [-0.39, 0.29) is 0 Å². The Bertz CT molecular complexity index is 478. The first-order chi connectivity index (χ1) is 13.3. The summed E-state index contributed by atoms with van der Waals surface area (Å²) in [5, 5.41) is 11.1. The molecule has 0 amide bonds. The molecule has 1 atom stereocenters. The lowest BCUT2D eigenvalue weighted by molar-refractivity contribution is 0.0487. The van der Waals surface area contributed by atoms with Crippen LogP contribution in [0.1, 0.15) is 45.2 Å². The number of hydrogen-bond acceptors (Lipinski definition) is 5. The van der Waals surface area contributed by atoms with Gasteiger partial charge in [0.05, 0.1) is 25.9 Å². The van der Waals surface area contributed by atoms with Crippen LogP contribution < -0.4 is 10.6 Å². The number of rotatable bonds is 15. The summed E-state index contributed by atoms with van der Waals surface area (Å²) in [6.07, 6.45) is 2.28. The van der Waals surface area contributed by atoms with Crippen LogP contribution in [0.15, 0.2) is 21.8 Å². The van der Waals surface area contributed by atoms with E-state index in [9.17, 15) is 0 Å². The van der Waals surface area contributed by atoms with Crippen molar-refractivity contribution in [2.45, 2.75) is 39.7 Å². The van der Waals surface area contributed by atoms with E-state index in [4.69, 9.17) is 9.47 Å². The quantitative estimate of drug-likeness (QED) is 0.270. The number of guanidine groups is 1. The minimum absolute atomic E-state index is 0.348. The van der Waals surface area contributed by atoms with Crippen molar-refractivity contribution in [1.29, 1.82) is 0 Å². The Morgan fingerprint density at radius 1 is 1.11 bits per heavy atom. The average Bonchev–Trinajstić information content (AvgIpc) is 3.22. The monoisotopic (exact) mass is 398 g/mol. The molecule has 0 aliphatic heterocycles. The zero-order valence-electron chi connectivity index (χ0n) is 17.5. The summed E-state index contributed by atoms with van der Waals surface area (Å²) in [5.41, 5.74) is 1.36. The van der Waals surface area contributed by atoms with Gasteiger partial charge in [-0.25, -0.2) is 0 Å². The maximum Gasteiger partial charge on any atom is 0.191 e. The average molecular weight is 399 g/mol. The number of nitrogens with zero attached hydrogens (tertiary/aromatic N) is 2. The lowest BCUT2D eigenvalue weighted by Crippen LogP contribution is -2.44. The molecule has 1 aromatic rings. The normalized spacial score (nSPS) is 13.1. The molecule has 0 spiro atoms. The molecule has 6 nitrogen and oxygen atoms in total. The first-order valence-corrected chi connectivity index (χ1v) is 11.1. The molecular weight excluding hydrogens is 360 g/mol. The van der Waals surface area contributed by atoms with Crippen molar-refractivity contribution in [2.75, 3.05) is 59.7 Å². The van der Waals surface area contributed by atoms with Crippen LogP contribution in [-0.2, 0) is 9.47 Å². The Hall–Kier alpha value is -1.15. The summed E-state index contributed by atoms with van der Waals surface area (Å²) in [5.74, 6) is 0.810. The van der Waals surface area contributed by atoms with Crippen LogP contribution in [-0.4, -0.2) is 70.5 Å². The molecule has 0 aliphatic carbocycles. The van der Waals surface area contributed by atoms with E-state index in [1.54, 1.807) is 18.4 Å². The minimum atomic E-state index is 0.348. The van der Waals surface area contributed by atoms with Crippen molar-refractivity contribution in [3.63, 3.8) is 0 Å². The van der Waals surface area contributed by atoms with Crippen molar-refractivity contribution in [3.05, 3.63) is 22.4 Å². The van der Waals surface area contributed by atoms with Crippen LogP contribution in [0.3, 0.4) is 0 Å². The van der Waals surface area contributed by atoms with E-state index in [0.717, 1.165) is 45.2 Å². The molecule has 0 radical (unpaired) electrons. The number of thiophene rings is 1. The fourth-order valence-corrected chi connectivity index (χ4v) is 3.52. The largest absolute Gasteiger partial charge is 0.379 e. The molecule has 2 N–H and O–H groups in total. The zero-order valence-corrected chi connectivity index (χ0v) is 18.3. The third kappa shape index (κ3) is 10.1. The second kappa shape index (κ2) is 15.9. The smallest absolute Gasteiger partial charge is 0.191 e. The van der Waals surface area contributed by atoms with Gasteiger partial charge < -0.3 is 20.1 Å². The number of ether oxygens (including phenoxy) is 2. The molecule has 0 aliphatic rings. The van der Waals surface area contributed by atoms with Crippen LogP contribution in [0, 0.1) is 0 Å². The Morgan fingerprint density at radius 3 is 2.44 bits per heavy atom. The second-order valence-corrected chi connectivity index (χ2v) is 7.03. The standard InChI is InChI=1S/C20H38N4O2S/c1-5-8-11-25-13-14-26-12-10-22-20(21-4)23-16-19(24(6-2)7-3)18-9-15-27-17-18/h9,15,17,19H,5-8,10-14,16H2,1-4H3,(H2,21,22,23). The van der Waals surface area contributed by atoms with Gasteiger partial charge in [-0.1, -0.05) is 27.2 Å². The van der Waals surface area contributed by atoms with Crippen LogP contribution >= 0.6 is 11.3 Å². The maximum atomic E-state index is 5.59. The van der Waals surface area contributed by atoms with Crippen molar-refractivity contribution in [2.24, 2.45) is 4.99 Å². The lowest BCUT2D eigenvalue weighted by atomic mass is 10.1. The minimum Gasteiger partial charge on any atom is -0.379 e. The summed E-state index contributed by atoms with van der Waals surface area (Å²) in [7, 11) is 1.80. The molecule has 156 valence electrons. The summed E-state index contributed by atoms with van der Waals surface area (Å²) in [4.78, 5) is 6.78. The van der Waals surface area contributed by atoms with E-state index >= 15 is 0 Å². The molecule has 1 rings (SSSR count). The Balaban J connectivity index is 2.27. The van der Waals surface area contributed by atoms with Gasteiger partial charge in [0, 0.05) is 26.7 Å². The maximum absolute atomic E-state index is 5.59. The summed E-state index contributed by atoms with van der Waals surface area (Å²) in [6.45, 7) is 13.0. The van der Waals surface area contributed by atoms with Gasteiger partial charge in [-0.15, -0.1) is 0 Å². The zero-order chi connectivity index (χ0) is 19.7. The summed E-state index contributed by atoms with van der Waals surface area (Å²) in [6, 6.07) is 2.56. The lowest BCUT2D eigenvalue weighted by Gasteiger charge is -2.30. The predicted molar refractivity (Wildman–Crippen MR) is 116 cm³/mol. The number of likely N-dealkylation sites (N-methyl/N-ethyl adjacent to an activating group) is 1. The molecule has 1 heterocycles. The number of nitrogens with one attached hydrogen (secondary N) is 2. The van der Waals surface area contributed by atoms with Gasteiger partial charge in [0.1, 0.15) is 0 Å². The second-order valence-electron chi connectivity index (χ2n) is 6.25. The van der Waals surface area contributed by atoms with Gasteiger partial charge in [0.2, 0.25) is 0 Å². The fraction of sp³-hybridized carbons (Fsp3) is 0.750. The van der Waals surface area contributed by atoms with Gasteiger partial charge in [-0.3, -0.25) is 9.89 Å². The van der Waals surface area contributed by atoms with E-state index in [2.05, 4.69) is 58.1 Å². The van der Waals surface area contributed by atoms with Gasteiger partial charge >= 0.3 is 0 Å². The molecule has 0 fully saturated rings. The molecule has 0 saturated heterocycles. The van der Waals surface area contributed by atoms with Crippen molar-refractivity contribution < 1.29 is 9.47 Å². The van der Waals surface area contributed by atoms with Crippen LogP contribution in [0.4, 0.5) is 0 Å². The van der Waals surface area contributed by atoms with Crippen molar-refractivity contribution in [3.8, 4) is 0 Å². The number of aliphatic imine (C=N–C) groups is 1. The highest BCUT2D eigenvalue weighted by Crippen LogP contribution is 2.22. The highest BCUT2D eigenvalue weighted by molar-refractivity contribution is 7.07. The van der Waals surface area contributed by atoms with Crippen molar-refractivity contribution in [1.82, 2.24) is 15.5 Å². The van der Waals surface area contributed by atoms with Crippen LogP contribution in [0.2, 0.25) is 0 Å². The van der Waals surface area contributed by atoms with Gasteiger partial charge in [0.15, 0.2) is 5.96 Å². The molecule has 27 heavy (non-hydrogen) atoms. The van der Waals surface area contributed by atoms with Crippen LogP contribution in [0.25, 0.3) is 0 Å². The molecule has 0 aromatic carbocycles. The summed E-state index contributed by atoms with van der Waals surface area (Å²) < 4.78 is 11.1. The first kappa shape index (κ1) is 23.9. The third-order valence-corrected chi connectivity index (χ3v) is 5.12. The van der Waals surface area contributed by atoms with Crippen molar-refractivity contribution >= 4 is 17.3 Å². The first-order valence-electron chi connectivity index (χ1n) is 10.1. The molecule has 1 unspecified atom stereocenters. The number of unbranched alkanes of at least 4 members (excludes halogenated alkanes) is 1. The van der Waals surface area contributed by atoms with Gasteiger partial charge in [-0.2, -0.15) is 11.3 Å². The number of hydrogen-bond donors (Lipinski definition) is 2. The Kier molecular flexibility index (Phi) is 14.0. The molecule has 0 saturated carbocycles. The SMILES string of the molecule is CCCCOCCOCCNC(=NC)NCC(c1ccsc1)N(CC)CC. The Labute approximate surface area is 169 Å². The van der Waals surface area contributed by atoms with E-state index in [1.165, 1.54) is 12.0 Å². The highest BCUT2D eigenvalue weighted by Gasteiger charge is 2.18. The van der Waals surface area contributed by atoms with E-state index in [0.29, 0.717) is 25.9 Å². The van der Waals surface area contributed by atoms with Gasteiger partial charge in [-0.05, 0) is 41.9 Å². The highest BCUT2D eigenvalue weighted by atomic mass is 32.1. The topological polar surface area (TPSA) is 58.1 Å². The Morgan fingerprint density at radius 2 is 1.85 bits per heavy atom. The predicted octanol–water partition coefficient (Wildman–Crippen LogP) is 3.13. The molecule has 1 aromatic heterocycles. The third-order valence-electron chi connectivity index (χ3n) is 4.42. The molecular formula is C20H38N4O2S. The van der Waals surface area contributed by atoms with Gasteiger partial charge in [0.25, 0.3) is 0 Å². The van der Waals surface area contributed by atoms with Crippen LogP contribution in [0.5, 0.6) is 0 Å². The molecule has 0 bridgehead atoms. The summed E-state index contributed by atoms with van der Waals surface area (Å²) >= 11 is 1.75. The fourth-order valence-electron chi connectivity index (χ4n) is 2.81. The molecule has 7 heteroatoms.